The third-order valence-electron chi connectivity index (χ3n) is 7.52. The molecular weight excluding hydrogens is 464 g/mol. The summed E-state index contributed by atoms with van der Waals surface area (Å²) in [6, 6.07) is 24.1. The van der Waals surface area contributed by atoms with Crippen LogP contribution in [-0.4, -0.2) is 11.7 Å². The normalized spacial score (nSPS) is 11.1. The molecule has 0 fully saturated rings. The van der Waals surface area contributed by atoms with Crippen LogP contribution in [0.3, 0.4) is 0 Å². The highest BCUT2D eigenvalue weighted by Gasteiger charge is 2.14. The molecule has 0 amide bonds. The van der Waals surface area contributed by atoms with Crippen LogP contribution in [0.2, 0.25) is 0 Å². The second-order valence-corrected chi connectivity index (χ2v) is 10.8. The zero-order valence-corrected chi connectivity index (χ0v) is 23.8. The molecule has 0 aliphatic heterocycles. The highest BCUT2D eigenvalue weighted by atomic mass is 16.5. The van der Waals surface area contributed by atoms with Crippen LogP contribution >= 0.6 is 0 Å². The summed E-state index contributed by atoms with van der Waals surface area (Å²) in [6.07, 6.45) is 21.9. The van der Waals surface area contributed by atoms with Crippen molar-refractivity contribution in [2.45, 2.75) is 110 Å². The van der Waals surface area contributed by atoms with E-state index in [1.54, 1.807) is 0 Å². The van der Waals surface area contributed by atoms with Crippen molar-refractivity contribution < 1.29 is 9.84 Å². The Morgan fingerprint density at radius 1 is 0.500 bits per heavy atom. The summed E-state index contributed by atoms with van der Waals surface area (Å²) in [7, 11) is 0. The molecule has 2 nitrogen and oxygen atoms in total. The van der Waals surface area contributed by atoms with Crippen LogP contribution in [0.25, 0.3) is 22.3 Å². The van der Waals surface area contributed by atoms with Crippen LogP contribution in [0, 0.1) is 0 Å². The zero-order chi connectivity index (χ0) is 26.7. The van der Waals surface area contributed by atoms with Crippen LogP contribution in [0.1, 0.15) is 110 Å². The van der Waals surface area contributed by atoms with Gasteiger partial charge in [0.1, 0.15) is 11.5 Å². The Morgan fingerprint density at radius 3 is 1.26 bits per heavy atom. The molecule has 0 radical (unpaired) electrons. The van der Waals surface area contributed by atoms with E-state index in [1.807, 2.05) is 72.8 Å². The molecule has 206 valence electrons. The smallest absolute Gasteiger partial charge is 0.131 e. The van der Waals surface area contributed by atoms with Crippen LogP contribution in [0.5, 0.6) is 11.5 Å². The molecule has 3 aromatic carbocycles. The molecule has 38 heavy (non-hydrogen) atoms. The van der Waals surface area contributed by atoms with E-state index < -0.39 is 0 Å². The van der Waals surface area contributed by atoms with Gasteiger partial charge in [-0.15, -0.1) is 0 Å². The first-order valence-corrected chi connectivity index (χ1v) is 15.4. The van der Waals surface area contributed by atoms with E-state index in [0.717, 1.165) is 34.4 Å². The molecule has 3 rings (SSSR count). The van der Waals surface area contributed by atoms with Crippen LogP contribution in [-0.2, 0) is 0 Å². The number of rotatable bonds is 20. The van der Waals surface area contributed by atoms with Crippen molar-refractivity contribution in [2.75, 3.05) is 6.61 Å². The fraction of sp³-hybridized carbons (Fsp3) is 0.500. The van der Waals surface area contributed by atoms with Crippen molar-refractivity contribution in [3.63, 3.8) is 0 Å². The number of phenols is 1. The summed E-state index contributed by atoms with van der Waals surface area (Å²) in [5.41, 5.74) is 3.62. The van der Waals surface area contributed by atoms with E-state index in [0.29, 0.717) is 12.4 Å². The minimum atomic E-state index is 0.303. The first kappa shape index (κ1) is 29.8. The lowest BCUT2D eigenvalue weighted by molar-refractivity contribution is 0.304. The average Bonchev–Trinajstić information content (AvgIpc) is 2.96. The van der Waals surface area contributed by atoms with Crippen molar-refractivity contribution in [3.8, 4) is 33.8 Å². The third-order valence-corrected chi connectivity index (χ3v) is 7.52. The van der Waals surface area contributed by atoms with Crippen molar-refractivity contribution >= 4 is 0 Å². The van der Waals surface area contributed by atoms with Gasteiger partial charge >= 0.3 is 0 Å². The number of aromatic hydroxyl groups is 1. The van der Waals surface area contributed by atoms with Gasteiger partial charge < -0.3 is 9.84 Å². The first-order valence-electron chi connectivity index (χ1n) is 15.4. The van der Waals surface area contributed by atoms with Gasteiger partial charge in [-0.1, -0.05) is 164 Å². The molecule has 1 N–H and O–H groups in total. The van der Waals surface area contributed by atoms with E-state index >= 15 is 0 Å². The lowest BCUT2D eigenvalue weighted by atomic mass is 9.97. The number of ether oxygens (including phenoxy) is 1. The van der Waals surface area contributed by atoms with Crippen molar-refractivity contribution in [3.05, 3.63) is 72.8 Å². The standard InChI is InChI=1S/C36H50O2/c1-2-3-4-5-6-7-8-9-10-11-12-13-14-15-16-23-28-38-33-29-34(31-24-19-17-20-25-31)36(37)35(30-33)32-26-21-18-22-27-32/h17-22,24-27,29-30,37H,2-16,23,28H2,1H3. The van der Waals surface area contributed by atoms with Crippen molar-refractivity contribution in [1.29, 1.82) is 0 Å². The fourth-order valence-electron chi connectivity index (χ4n) is 5.21. The molecule has 0 aromatic heterocycles. The summed E-state index contributed by atoms with van der Waals surface area (Å²) in [4.78, 5) is 0. The highest BCUT2D eigenvalue weighted by Crippen LogP contribution is 2.41. The topological polar surface area (TPSA) is 29.5 Å². The Bertz CT molecular complexity index is 936. The zero-order valence-electron chi connectivity index (χ0n) is 23.8. The van der Waals surface area contributed by atoms with Gasteiger partial charge in [0.25, 0.3) is 0 Å². The molecule has 2 heteroatoms. The number of unbranched alkanes of at least 4 members (excludes halogenated alkanes) is 15. The van der Waals surface area contributed by atoms with Gasteiger partial charge in [0.2, 0.25) is 0 Å². The van der Waals surface area contributed by atoms with Gasteiger partial charge in [0, 0.05) is 11.1 Å². The maximum Gasteiger partial charge on any atom is 0.131 e. The van der Waals surface area contributed by atoms with E-state index in [9.17, 15) is 5.11 Å². The molecule has 0 aliphatic carbocycles. The van der Waals surface area contributed by atoms with Crippen LogP contribution < -0.4 is 4.74 Å². The summed E-state index contributed by atoms with van der Waals surface area (Å²) < 4.78 is 6.19. The van der Waals surface area contributed by atoms with Gasteiger partial charge in [-0.05, 0) is 29.7 Å². The van der Waals surface area contributed by atoms with Crippen LogP contribution in [0.4, 0.5) is 0 Å². The van der Waals surface area contributed by atoms with Gasteiger partial charge in [0.15, 0.2) is 0 Å². The lowest BCUT2D eigenvalue weighted by Gasteiger charge is -2.15. The van der Waals surface area contributed by atoms with Crippen molar-refractivity contribution in [1.82, 2.24) is 0 Å². The predicted molar refractivity (Wildman–Crippen MR) is 164 cm³/mol. The summed E-state index contributed by atoms with van der Waals surface area (Å²) in [5.74, 6) is 1.12. The summed E-state index contributed by atoms with van der Waals surface area (Å²) in [6.45, 7) is 3.00. The number of hydrogen-bond acceptors (Lipinski definition) is 2. The van der Waals surface area contributed by atoms with E-state index in [-0.39, 0.29) is 0 Å². The summed E-state index contributed by atoms with van der Waals surface area (Å²) in [5, 5.41) is 11.1. The SMILES string of the molecule is CCCCCCCCCCCCCCCCCCOc1cc(-c2ccccc2)c(O)c(-c2ccccc2)c1. The van der Waals surface area contributed by atoms with Crippen molar-refractivity contribution in [2.24, 2.45) is 0 Å². The van der Waals surface area contributed by atoms with E-state index in [1.165, 1.54) is 96.3 Å². The minimum Gasteiger partial charge on any atom is -0.507 e. The maximum atomic E-state index is 11.1. The van der Waals surface area contributed by atoms with Crippen LogP contribution in [0.15, 0.2) is 72.8 Å². The maximum absolute atomic E-state index is 11.1. The molecule has 0 aliphatic rings. The number of hydrogen-bond donors (Lipinski definition) is 1. The Labute approximate surface area is 232 Å². The molecule has 0 unspecified atom stereocenters. The molecule has 0 heterocycles. The average molecular weight is 515 g/mol. The predicted octanol–water partition coefficient (Wildman–Crippen LogP) is 11.4. The van der Waals surface area contributed by atoms with Gasteiger partial charge in [0.05, 0.1) is 6.61 Å². The fourth-order valence-corrected chi connectivity index (χ4v) is 5.21. The first-order chi connectivity index (χ1) is 18.8. The highest BCUT2D eigenvalue weighted by molar-refractivity contribution is 5.83. The molecule has 0 saturated heterocycles. The Kier molecular flexibility index (Phi) is 14.5. The quantitative estimate of drug-likeness (QED) is 0.152. The largest absolute Gasteiger partial charge is 0.507 e. The summed E-state index contributed by atoms with van der Waals surface area (Å²) >= 11 is 0. The Hall–Kier alpha value is -2.74. The number of benzene rings is 3. The van der Waals surface area contributed by atoms with Gasteiger partial charge in [-0.25, -0.2) is 0 Å². The van der Waals surface area contributed by atoms with E-state index in [2.05, 4.69) is 6.92 Å². The molecule has 0 saturated carbocycles. The van der Waals surface area contributed by atoms with Gasteiger partial charge in [-0.2, -0.15) is 0 Å². The Balaban J connectivity index is 1.32. The Morgan fingerprint density at radius 2 is 0.868 bits per heavy atom. The second kappa shape index (κ2) is 18.5. The molecule has 0 spiro atoms. The van der Waals surface area contributed by atoms with E-state index in [4.69, 9.17) is 4.74 Å². The number of phenolic OH excluding ortho intramolecular Hbond substituents is 1. The molecular formula is C36H50O2. The van der Waals surface area contributed by atoms with Gasteiger partial charge in [-0.3, -0.25) is 0 Å². The third kappa shape index (κ3) is 10.9. The molecule has 3 aromatic rings. The minimum absolute atomic E-state index is 0.303. The second-order valence-electron chi connectivity index (χ2n) is 10.8. The lowest BCUT2D eigenvalue weighted by Crippen LogP contribution is -1.98. The monoisotopic (exact) mass is 514 g/mol. The molecule has 0 atom stereocenters. The molecule has 0 bridgehead atoms.